The third-order valence-electron chi connectivity index (χ3n) is 2.13. The van der Waals surface area contributed by atoms with Gasteiger partial charge in [-0.2, -0.15) is 0 Å². The van der Waals surface area contributed by atoms with Crippen molar-refractivity contribution in [3.8, 4) is 0 Å². The Labute approximate surface area is 90.1 Å². The highest BCUT2D eigenvalue weighted by Gasteiger charge is 2.24. The topological polar surface area (TPSA) is 56.8 Å². The third kappa shape index (κ3) is 4.15. The molecule has 0 aliphatic carbocycles. The Kier molecular flexibility index (Phi) is 5.60. The Hall–Kier alpha value is -0.650. The average Bonchev–Trinajstić information content (AvgIpc) is 2.14. The maximum absolute atomic E-state index is 11.5. The summed E-state index contributed by atoms with van der Waals surface area (Å²) in [6.45, 7) is 6.45. The number of likely N-dealkylation sites (N-methyl/N-ethyl adjacent to an activating group) is 1. The molecule has 1 aliphatic heterocycles. The fourth-order valence-corrected chi connectivity index (χ4v) is 1.24. The number of nitrogens with one attached hydrogen (secondary N) is 1. The molecule has 1 saturated heterocycles. The lowest BCUT2D eigenvalue weighted by Crippen LogP contribution is -2.45. The number of esters is 1. The number of hydrogen-bond acceptors (Lipinski definition) is 5. The fourth-order valence-electron chi connectivity index (χ4n) is 1.24. The van der Waals surface area contributed by atoms with Gasteiger partial charge in [-0.1, -0.05) is 6.92 Å². The van der Waals surface area contributed by atoms with Gasteiger partial charge in [0.2, 0.25) is 0 Å². The average molecular weight is 217 g/mol. The Bertz CT molecular complexity index is 194. The molecule has 0 aromatic rings. The third-order valence-corrected chi connectivity index (χ3v) is 2.13. The SMILES string of the molecule is CCNC(COC1COC1)C(=O)OCC. The van der Waals surface area contributed by atoms with Crippen LogP contribution in [0.2, 0.25) is 0 Å². The number of carbonyl (C=O) groups is 1. The summed E-state index contributed by atoms with van der Waals surface area (Å²) in [6, 6.07) is -0.365. The molecule has 0 saturated carbocycles. The van der Waals surface area contributed by atoms with Crippen molar-refractivity contribution in [1.29, 1.82) is 0 Å². The van der Waals surface area contributed by atoms with Gasteiger partial charge in [0.25, 0.3) is 0 Å². The normalized spacial score (nSPS) is 18.3. The molecule has 0 aromatic carbocycles. The summed E-state index contributed by atoms with van der Waals surface area (Å²) in [5, 5.41) is 3.03. The molecule has 0 spiro atoms. The minimum absolute atomic E-state index is 0.139. The highest BCUT2D eigenvalue weighted by atomic mass is 16.6. The van der Waals surface area contributed by atoms with Crippen LogP contribution < -0.4 is 5.32 Å². The molecule has 1 heterocycles. The second kappa shape index (κ2) is 6.76. The lowest BCUT2D eigenvalue weighted by atomic mass is 10.3. The minimum atomic E-state index is -0.365. The van der Waals surface area contributed by atoms with E-state index in [0.717, 1.165) is 0 Å². The highest BCUT2D eigenvalue weighted by molar-refractivity contribution is 5.75. The lowest BCUT2D eigenvalue weighted by Gasteiger charge is -2.27. The van der Waals surface area contributed by atoms with E-state index in [0.29, 0.717) is 33.0 Å². The van der Waals surface area contributed by atoms with Crippen LogP contribution in [0, 0.1) is 0 Å². The molecular formula is C10H19NO4. The van der Waals surface area contributed by atoms with Crippen molar-refractivity contribution < 1.29 is 19.0 Å². The number of hydrogen-bond donors (Lipinski definition) is 1. The van der Waals surface area contributed by atoms with Crippen LogP contribution in [0.3, 0.4) is 0 Å². The molecule has 5 heteroatoms. The van der Waals surface area contributed by atoms with E-state index in [-0.39, 0.29) is 18.1 Å². The molecule has 15 heavy (non-hydrogen) atoms. The Morgan fingerprint density at radius 3 is 2.73 bits per heavy atom. The first-order chi connectivity index (χ1) is 7.27. The molecule has 1 atom stereocenters. The Balaban J connectivity index is 2.24. The summed E-state index contributed by atoms with van der Waals surface area (Å²) in [5.41, 5.74) is 0. The first-order valence-electron chi connectivity index (χ1n) is 5.37. The van der Waals surface area contributed by atoms with Crippen LogP contribution in [-0.4, -0.2) is 51.1 Å². The zero-order valence-electron chi connectivity index (χ0n) is 9.32. The molecule has 88 valence electrons. The van der Waals surface area contributed by atoms with Crippen molar-refractivity contribution in [2.75, 3.05) is 33.0 Å². The van der Waals surface area contributed by atoms with E-state index in [9.17, 15) is 4.79 Å². The molecule has 1 fully saturated rings. The van der Waals surface area contributed by atoms with Crippen molar-refractivity contribution in [2.24, 2.45) is 0 Å². The van der Waals surface area contributed by atoms with Crippen LogP contribution in [0.4, 0.5) is 0 Å². The molecular weight excluding hydrogens is 198 g/mol. The number of ether oxygens (including phenoxy) is 3. The smallest absolute Gasteiger partial charge is 0.325 e. The summed E-state index contributed by atoms with van der Waals surface area (Å²) in [7, 11) is 0. The molecule has 5 nitrogen and oxygen atoms in total. The van der Waals surface area contributed by atoms with E-state index >= 15 is 0 Å². The summed E-state index contributed by atoms with van der Waals surface area (Å²) in [5.74, 6) is -0.250. The van der Waals surface area contributed by atoms with Gasteiger partial charge in [0.15, 0.2) is 0 Å². The highest BCUT2D eigenvalue weighted by Crippen LogP contribution is 2.06. The largest absolute Gasteiger partial charge is 0.465 e. The second-order valence-corrected chi connectivity index (χ2v) is 3.36. The van der Waals surface area contributed by atoms with Gasteiger partial charge in [0.05, 0.1) is 26.4 Å². The first kappa shape index (κ1) is 12.4. The van der Waals surface area contributed by atoms with Gasteiger partial charge in [-0.15, -0.1) is 0 Å². The van der Waals surface area contributed by atoms with Crippen LogP contribution in [0.5, 0.6) is 0 Å². The van der Waals surface area contributed by atoms with E-state index in [1.54, 1.807) is 6.92 Å². The fraction of sp³-hybridized carbons (Fsp3) is 0.900. The van der Waals surface area contributed by atoms with E-state index in [1.165, 1.54) is 0 Å². The monoisotopic (exact) mass is 217 g/mol. The molecule has 0 amide bonds. The van der Waals surface area contributed by atoms with Crippen molar-refractivity contribution in [3.63, 3.8) is 0 Å². The zero-order chi connectivity index (χ0) is 11.1. The summed E-state index contributed by atoms with van der Waals surface area (Å²) in [6.07, 6.45) is 0.139. The standard InChI is InChI=1S/C10H19NO4/c1-3-11-9(10(12)14-4-2)7-15-8-5-13-6-8/h8-9,11H,3-7H2,1-2H3. The molecule has 1 N–H and O–H groups in total. The summed E-state index contributed by atoms with van der Waals surface area (Å²) < 4.78 is 15.4. The maximum atomic E-state index is 11.5. The Morgan fingerprint density at radius 1 is 1.53 bits per heavy atom. The molecule has 1 aliphatic rings. The van der Waals surface area contributed by atoms with Gasteiger partial charge in [0.1, 0.15) is 12.1 Å². The van der Waals surface area contributed by atoms with Crippen molar-refractivity contribution in [3.05, 3.63) is 0 Å². The summed E-state index contributed by atoms with van der Waals surface area (Å²) in [4.78, 5) is 11.5. The van der Waals surface area contributed by atoms with Crippen molar-refractivity contribution >= 4 is 5.97 Å². The lowest BCUT2D eigenvalue weighted by molar-refractivity contribution is -0.156. The van der Waals surface area contributed by atoms with Gasteiger partial charge in [-0.25, -0.2) is 0 Å². The van der Waals surface area contributed by atoms with E-state index in [2.05, 4.69) is 5.32 Å². The van der Waals surface area contributed by atoms with E-state index in [1.807, 2.05) is 6.92 Å². The van der Waals surface area contributed by atoms with Crippen LogP contribution in [0.25, 0.3) is 0 Å². The predicted molar refractivity (Wildman–Crippen MR) is 54.7 cm³/mol. The van der Waals surface area contributed by atoms with Crippen molar-refractivity contribution in [1.82, 2.24) is 5.32 Å². The molecule has 0 aromatic heterocycles. The van der Waals surface area contributed by atoms with E-state index < -0.39 is 0 Å². The van der Waals surface area contributed by atoms with Gasteiger partial charge in [0, 0.05) is 0 Å². The van der Waals surface area contributed by atoms with Crippen LogP contribution in [-0.2, 0) is 19.0 Å². The molecule has 1 rings (SSSR count). The minimum Gasteiger partial charge on any atom is -0.465 e. The number of carbonyl (C=O) groups excluding carboxylic acids is 1. The van der Waals surface area contributed by atoms with Gasteiger partial charge >= 0.3 is 5.97 Å². The van der Waals surface area contributed by atoms with Crippen LogP contribution in [0.1, 0.15) is 13.8 Å². The molecule has 0 radical (unpaired) electrons. The second-order valence-electron chi connectivity index (χ2n) is 3.36. The predicted octanol–water partition coefficient (Wildman–Crippen LogP) is -0.0570. The zero-order valence-corrected chi connectivity index (χ0v) is 9.32. The maximum Gasteiger partial charge on any atom is 0.325 e. The molecule has 1 unspecified atom stereocenters. The quantitative estimate of drug-likeness (QED) is 0.606. The van der Waals surface area contributed by atoms with Gasteiger partial charge < -0.3 is 19.5 Å². The van der Waals surface area contributed by atoms with E-state index in [4.69, 9.17) is 14.2 Å². The van der Waals surface area contributed by atoms with Crippen LogP contribution >= 0.6 is 0 Å². The van der Waals surface area contributed by atoms with Crippen LogP contribution in [0.15, 0.2) is 0 Å². The number of rotatable bonds is 7. The van der Waals surface area contributed by atoms with Gasteiger partial charge in [-0.05, 0) is 13.5 Å². The van der Waals surface area contributed by atoms with Gasteiger partial charge in [-0.3, -0.25) is 4.79 Å². The summed E-state index contributed by atoms with van der Waals surface area (Å²) >= 11 is 0. The molecule has 0 bridgehead atoms. The van der Waals surface area contributed by atoms with Crippen molar-refractivity contribution in [2.45, 2.75) is 26.0 Å². The Morgan fingerprint density at radius 2 is 2.27 bits per heavy atom. The first-order valence-corrected chi connectivity index (χ1v) is 5.37.